The molecule has 1 fully saturated rings. The molecule has 1 aliphatic heterocycles. The van der Waals surface area contributed by atoms with Crippen LogP contribution in [0.3, 0.4) is 0 Å². The van der Waals surface area contributed by atoms with Crippen molar-refractivity contribution in [3.05, 3.63) is 63.3 Å². The lowest BCUT2D eigenvalue weighted by Crippen LogP contribution is -2.35. The van der Waals surface area contributed by atoms with E-state index in [0.717, 1.165) is 11.1 Å². The quantitative estimate of drug-likeness (QED) is 0.433. The molecule has 1 saturated heterocycles. The molecule has 1 aliphatic rings. The normalized spacial score (nSPS) is 14.7. The molecule has 2 N–H and O–H groups in total. The van der Waals surface area contributed by atoms with Crippen molar-refractivity contribution in [1.29, 1.82) is 0 Å². The van der Waals surface area contributed by atoms with E-state index in [2.05, 4.69) is 21.2 Å². The summed E-state index contributed by atoms with van der Waals surface area (Å²) in [5, 5.41) is 11.3. The van der Waals surface area contributed by atoms with E-state index in [-0.39, 0.29) is 5.70 Å². The van der Waals surface area contributed by atoms with Crippen LogP contribution in [0.2, 0.25) is 0 Å². The summed E-state index contributed by atoms with van der Waals surface area (Å²) in [4.78, 5) is 35.8. The molecule has 2 aromatic rings. The van der Waals surface area contributed by atoms with E-state index in [4.69, 9.17) is 14.6 Å². The lowest BCUT2D eigenvalue weighted by Gasteiger charge is -2.14. The summed E-state index contributed by atoms with van der Waals surface area (Å²) in [6.45, 7) is 3.90. The SMILES string of the molecule is CCOc1cc(/C=C2/NC(=O)N(CC(=O)O)C2=O)c(Br)cc1OCc1ccc(C)cc1. The van der Waals surface area contributed by atoms with Crippen LogP contribution in [-0.4, -0.2) is 41.1 Å². The van der Waals surface area contributed by atoms with Crippen molar-refractivity contribution >= 4 is 39.9 Å². The van der Waals surface area contributed by atoms with Crippen molar-refractivity contribution in [3.63, 3.8) is 0 Å². The number of aliphatic carboxylic acids is 1. The van der Waals surface area contributed by atoms with Gasteiger partial charge in [0.05, 0.1) is 6.61 Å². The fourth-order valence-corrected chi connectivity index (χ4v) is 3.33. The Balaban J connectivity index is 1.85. The number of carbonyl (C=O) groups is 3. The molecular formula is C22H21BrN2O6. The second kappa shape index (κ2) is 9.65. The number of ether oxygens (including phenoxy) is 2. The minimum Gasteiger partial charge on any atom is -0.490 e. The standard InChI is InChI=1S/C22H21BrN2O6/c1-3-30-18-9-15(8-17-21(28)25(11-20(26)27)22(29)24-17)16(23)10-19(18)31-12-14-6-4-13(2)5-7-14/h4-10H,3,11-12H2,1-2H3,(H,24,29)(H,26,27)/b17-8+. The van der Waals surface area contributed by atoms with Crippen LogP contribution in [0.5, 0.6) is 11.5 Å². The number of nitrogens with zero attached hydrogens (tertiary/aromatic N) is 1. The molecule has 8 nitrogen and oxygen atoms in total. The van der Waals surface area contributed by atoms with Crippen molar-refractivity contribution in [2.24, 2.45) is 0 Å². The molecule has 3 rings (SSSR count). The summed E-state index contributed by atoms with van der Waals surface area (Å²) < 4.78 is 12.2. The number of amides is 3. The number of nitrogens with one attached hydrogen (secondary N) is 1. The Bertz CT molecular complexity index is 1050. The number of aryl methyl sites for hydroxylation is 1. The van der Waals surface area contributed by atoms with Crippen LogP contribution in [-0.2, 0) is 16.2 Å². The van der Waals surface area contributed by atoms with Crippen LogP contribution in [0.4, 0.5) is 4.79 Å². The Morgan fingerprint density at radius 3 is 2.48 bits per heavy atom. The average Bonchev–Trinajstić information content (AvgIpc) is 2.97. The molecule has 2 aromatic carbocycles. The molecule has 162 valence electrons. The number of benzene rings is 2. The molecule has 0 aliphatic carbocycles. The molecule has 31 heavy (non-hydrogen) atoms. The molecule has 1 heterocycles. The second-order valence-corrected chi connectivity index (χ2v) is 7.66. The van der Waals surface area contributed by atoms with Crippen molar-refractivity contribution in [2.45, 2.75) is 20.5 Å². The average molecular weight is 489 g/mol. The fourth-order valence-electron chi connectivity index (χ4n) is 2.89. The van der Waals surface area contributed by atoms with Gasteiger partial charge in [0.2, 0.25) is 0 Å². The van der Waals surface area contributed by atoms with Crippen LogP contribution in [0, 0.1) is 6.92 Å². The molecular weight excluding hydrogens is 468 g/mol. The molecule has 0 atom stereocenters. The van der Waals surface area contributed by atoms with E-state index in [0.29, 0.717) is 39.6 Å². The Labute approximate surface area is 187 Å². The monoisotopic (exact) mass is 488 g/mol. The van der Waals surface area contributed by atoms with E-state index >= 15 is 0 Å². The first kappa shape index (κ1) is 22.4. The van der Waals surface area contributed by atoms with Gasteiger partial charge in [-0.2, -0.15) is 0 Å². The smallest absolute Gasteiger partial charge is 0.329 e. The Morgan fingerprint density at radius 2 is 1.84 bits per heavy atom. The zero-order valence-corrected chi connectivity index (χ0v) is 18.6. The molecule has 0 radical (unpaired) electrons. The van der Waals surface area contributed by atoms with Crippen molar-refractivity contribution in [1.82, 2.24) is 10.2 Å². The van der Waals surface area contributed by atoms with Gasteiger partial charge in [0, 0.05) is 4.47 Å². The summed E-state index contributed by atoms with van der Waals surface area (Å²) in [6.07, 6.45) is 1.46. The van der Waals surface area contributed by atoms with E-state index < -0.39 is 24.5 Å². The summed E-state index contributed by atoms with van der Waals surface area (Å²) in [5.41, 5.74) is 2.71. The van der Waals surface area contributed by atoms with Crippen molar-refractivity contribution in [3.8, 4) is 11.5 Å². The lowest BCUT2D eigenvalue weighted by atomic mass is 10.1. The van der Waals surface area contributed by atoms with Gasteiger partial charge in [0.15, 0.2) is 11.5 Å². The van der Waals surface area contributed by atoms with Crippen LogP contribution in [0.25, 0.3) is 6.08 Å². The molecule has 0 unspecified atom stereocenters. The number of carboxylic acids is 1. The highest BCUT2D eigenvalue weighted by Crippen LogP contribution is 2.35. The summed E-state index contributed by atoms with van der Waals surface area (Å²) in [5.74, 6) is -0.994. The molecule has 0 bridgehead atoms. The third kappa shape index (κ3) is 5.43. The number of halogens is 1. The van der Waals surface area contributed by atoms with E-state index in [1.165, 1.54) is 6.08 Å². The van der Waals surface area contributed by atoms with Crippen LogP contribution >= 0.6 is 15.9 Å². The largest absolute Gasteiger partial charge is 0.490 e. The third-order valence-electron chi connectivity index (χ3n) is 4.43. The van der Waals surface area contributed by atoms with Crippen LogP contribution < -0.4 is 14.8 Å². The van der Waals surface area contributed by atoms with Crippen LogP contribution in [0.1, 0.15) is 23.6 Å². The Hall–Kier alpha value is -3.33. The van der Waals surface area contributed by atoms with Gasteiger partial charge < -0.3 is 19.9 Å². The Morgan fingerprint density at radius 1 is 1.16 bits per heavy atom. The zero-order chi connectivity index (χ0) is 22.5. The van der Waals surface area contributed by atoms with Gasteiger partial charge >= 0.3 is 12.0 Å². The molecule has 9 heteroatoms. The van der Waals surface area contributed by atoms with E-state index in [1.807, 2.05) is 38.1 Å². The van der Waals surface area contributed by atoms with Gasteiger partial charge in [-0.1, -0.05) is 45.8 Å². The van der Waals surface area contributed by atoms with Crippen LogP contribution in [0.15, 0.2) is 46.6 Å². The number of carboxylic acid groups (broad SMARTS) is 1. The van der Waals surface area contributed by atoms with Crippen molar-refractivity contribution in [2.75, 3.05) is 13.2 Å². The first-order valence-electron chi connectivity index (χ1n) is 9.49. The minimum atomic E-state index is -1.28. The van der Waals surface area contributed by atoms with Crippen molar-refractivity contribution < 1.29 is 29.0 Å². The lowest BCUT2D eigenvalue weighted by molar-refractivity contribution is -0.140. The maximum Gasteiger partial charge on any atom is 0.329 e. The number of imide groups is 1. The van der Waals surface area contributed by atoms with Gasteiger partial charge in [-0.25, -0.2) is 9.69 Å². The zero-order valence-electron chi connectivity index (χ0n) is 17.0. The topological polar surface area (TPSA) is 105 Å². The number of rotatable bonds is 8. The second-order valence-electron chi connectivity index (χ2n) is 6.80. The predicted molar refractivity (Wildman–Crippen MR) is 117 cm³/mol. The number of carbonyl (C=O) groups excluding carboxylic acids is 2. The predicted octanol–water partition coefficient (Wildman–Crippen LogP) is 3.71. The summed E-state index contributed by atoms with van der Waals surface area (Å²) in [6, 6.07) is 10.6. The first-order valence-corrected chi connectivity index (χ1v) is 10.3. The molecule has 0 aromatic heterocycles. The third-order valence-corrected chi connectivity index (χ3v) is 5.12. The molecule has 0 spiro atoms. The molecule has 3 amide bonds. The van der Waals surface area contributed by atoms with Gasteiger partial charge in [-0.05, 0) is 43.2 Å². The number of hydrogen-bond acceptors (Lipinski definition) is 5. The van der Waals surface area contributed by atoms with E-state index in [9.17, 15) is 14.4 Å². The van der Waals surface area contributed by atoms with E-state index in [1.54, 1.807) is 12.1 Å². The van der Waals surface area contributed by atoms with Gasteiger partial charge in [0.1, 0.15) is 18.8 Å². The summed E-state index contributed by atoms with van der Waals surface area (Å²) >= 11 is 3.45. The van der Waals surface area contributed by atoms with Gasteiger partial charge in [-0.15, -0.1) is 0 Å². The maximum atomic E-state index is 12.4. The minimum absolute atomic E-state index is 0.0253. The number of hydrogen-bond donors (Lipinski definition) is 2. The van der Waals surface area contributed by atoms with Gasteiger partial charge in [0.25, 0.3) is 5.91 Å². The highest BCUT2D eigenvalue weighted by Gasteiger charge is 2.35. The highest BCUT2D eigenvalue weighted by molar-refractivity contribution is 9.10. The maximum absolute atomic E-state index is 12.4. The van der Waals surface area contributed by atoms with Gasteiger partial charge in [-0.3, -0.25) is 9.59 Å². The fraction of sp³-hybridized carbons (Fsp3) is 0.227. The first-order chi connectivity index (χ1) is 14.8. The highest BCUT2D eigenvalue weighted by atomic mass is 79.9. The summed E-state index contributed by atoms with van der Waals surface area (Å²) in [7, 11) is 0. The number of urea groups is 1. The molecule has 0 saturated carbocycles. The Kier molecular flexibility index (Phi) is 6.96.